The van der Waals surface area contributed by atoms with Gasteiger partial charge in [-0.1, -0.05) is 25.4 Å². The first-order valence-electron chi connectivity index (χ1n) is 12.8. The fourth-order valence-electron chi connectivity index (χ4n) is 5.09. The number of halogens is 1. The number of ether oxygens (including phenoxy) is 2. The number of methoxy groups -OCH3 is 2. The summed E-state index contributed by atoms with van der Waals surface area (Å²) >= 11 is 6.17. The first-order chi connectivity index (χ1) is 18.2. The summed E-state index contributed by atoms with van der Waals surface area (Å²) in [6.45, 7) is 8.69. The Morgan fingerprint density at radius 2 is 1.63 bits per heavy atom. The van der Waals surface area contributed by atoms with Crippen molar-refractivity contribution in [2.45, 2.75) is 40.0 Å². The van der Waals surface area contributed by atoms with Crippen LogP contribution in [0.4, 0.5) is 17.2 Å². The highest BCUT2D eigenvalue weighted by atomic mass is 35.5. The molecule has 0 aliphatic carbocycles. The molecule has 1 aliphatic rings. The fraction of sp³-hybridized carbons (Fsp3) is 0.414. The zero-order chi connectivity index (χ0) is 27.4. The van der Waals surface area contributed by atoms with E-state index in [1.165, 1.54) is 20.6 Å². The number of aryl methyl sites for hydroxylation is 1. The Morgan fingerprint density at radius 1 is 0.974 bits per heavy atom. The number of anilines is 3. The number of aromatic nitrogens is 1. The lowest BCUT2D eigenvalue weighted by atomic mass is 9.92. The van der Waals surface area contributed by atoms with Crippen LogP contribution in [-0.2, 0) is 9.59 Å². The van der Waals surface area contributed by atoms with Gasteiger partial charge >= 0.3 is 0 Å². The number of pyridine rings is 1. The van der Waals surface area contributed by atoms with Gasteiger partial charge in [-0.15, -0.1) is 0 Å². The van der Waals surface area contributed by atoms with Crippen LogP contribution in [0.15, 0.2) is 36.4 Å². The van der Waals surface area contributed by atoms with Gasteiger partial charge in [0.2, 0.25) is 11.8 Å². The largest absolute Gasteiger partial charge is 0.495 e. The number of carbonyl (C=O) groups excluding carboxylic acids is 2. The van der Waals surface area contributed by atoms with Crippen LogP contribution in [-0.4, -0.2) is 44.1 Å². The van der Waals surface area contributed by atoms with Gasteiger partial charge in [-0.3, -0.25) is 9.59 Å². The van der Waals surface area contributed by atoms with Gasteiger partial charge < -0.3 is 25.0 Å². The maximum atomic E-state index is 12.6. The zero-order valence-electron chi connectivity index (χ0n) is 22.6. The molecule has 2 N–H and O–H groups in total. The number of piperidine rings is 1. The average Bonchev–Trinajstić information content (AvgIpc) is 2.87. The Bertz CT molecular complexity index is 1340. The summed E-state index contributed by atoms with van der Waals surface area (Å²) in [6.07, 6.45) is 1.28. The Kier molecular flexibility index (Phi) is 8.62. The third-order valence-electron chi connectivity index (χ3n) is 6.81. The number of carbonyl (C=O) groups is 2. The Balaban J connectivity index is 1.37. The highest BCUT2D eigenvalue weighted by Crippen LogP contribution is 2.36. The summed E-state index contributed by atoms with van der Waals surface area (Å²) in [5, 5.41) is 6.98. The molecule has 2 aromatic carbocycles. The van der Waals surface area contributed by atoms with Crippen LogP contribution in [0.2, 0.25) is 5.02 Å². The second-order valence-electron chi connectivity index (χ2n) is 10.2. The highest BCUT2D eigenvalue weighted by Gasteiger charge is 2.23. The third kappa shape index (κ3) is 6.48. The van der Waals surface area contributed by atoms with E-state index in [2.05, 4.69) is 42.4 Å². The predicted molar refractivity (Wildman–Crippen MR) is 153 cm³/mol. The number of amides is 2. The number of nitrogens with one attached hydrogen (secondary N) is 2. The minimum Gasteiger partial charge on any atom is -0.495 e. The van der Waals surface area contributed by atoms with Gasteiger partial charge in [0.15, 0.2) is 0 Å². The summed E-state index contributed by atoms with van der Waals surface area (Å²) in [4.78, 5) is 32.4. The summed E-state index contributed by atoms with van der Waals surface area (Å²) in [7, 11) is 2.99. The third-order valence-corrected chi connectivity index (χ3v) is 7.10. The molecule has 0 saturated carbocycles. The van der Waals surface area contributed by atoms with Crippen LogP contribution in [0.3, 0.4) is 0 Å². The van der Waals surface area contributed by atoms with Crippen LogP contribution in [0.5, 0.6) is 11.5 Å². The highest BCUT2D eigenvalue weighted by molar-refractivity contribution is 6.32. The molecule has 2 amide bonds. The number of hydrogen-bond acceptors (Lipinski definition) is 6. The van der Waals surface area contributed by atoms with Crippen molar-refractivity contribution in [3.05, 3.63) is 47.0 Å². The molecule has 8 nitrogen and oxygen atoms in total. The van der Waals surface area contributed by atoms with Gasteiger partial charge in [-0.25, -0.2) is 4.98 Å². The molecule has 2 atom stereocenters. The summed E-state index contributed by atoms with van der Waals surface area (Å²) < 4.78 is 10.5. The second-order valence-corrected chi connectivity index (χ2v) is 10.6. The molecule has 4 rings (SSSR count). The number of nitrogens with zero attached hydrogens (tertiary/aromatic N) is 2. The van der Waals surface area contributed by atoms with Gasteiger partial charge in [0.05, 0.1) is 30.4 Å². The quantitative estimate of drug-likeness (QED) is 0.362. The number of fused-ring (bicyclic) bond motifs is 1. The molecule has 202 valence electrons. The molecule has 38 heavy (non-hydrogen) atoms. The zero-order valence-corrected chi connectivity index (χ0v) is 23.3. The minimum atomic E-state index is -0.327. The molecule has 0 spiro atoms. The first kappa shape index (κ1) is 27.5. The molecule has 0 bridgehead atoms. The van der Waals surface area contributed by atoms with Gasteiger partial charge in [0.1, 0.15) is 17.3 Å². The summed E-state index contributed by atoms with van der Waals surface area (Å²) in [5.74, 6) is 2.57. The topological polar surface area (TPSA) is 92.8 Å². The number of benzene rings is 2. The van der Waals surface area contributed by atoms with Crippen LogP contribution < -0.4 is 25.0 Å². The Hall–Kier alpha value is -3.52. The minimum absolute atomic E-state index is 0.00282. The monoisotopic (exact) mass is 538 g/mol. The van der Waals surface area contributed by atoms with Gasteiger partial charge in [0, 0.05) is 43.1 Å². The van der Waals surface area contributed by atoms with Crippen LogP contribution in [0, 0.1) is 18.8 Å². The molecular formula is C29H35ClN4O4. The molecule has 1 saturated heterocycles. The standard InChI is InChI=1S/C29H35ClN4O4/c1-17-10-18(2)16-34(15-17)27-11-19(3)21-12-20(6-7-23(21)32-27)31-28(35)8-9-29(36)33-24-13-22(30)25(37-4)14-26(24)38-5/h6-7,11-14,17-18H,8-10,15-16H2,1-5H3,(H,31,35)(H,33,36)/t17-,18-/m1/s1. The van der Waals surface area contributed by atoms with Crippen molar-refractivity contribution in [2.24, 2.45) is 11.8 Å². The maximum absolute atomic E-state index is 12.6. The van der Waals surface area contributed by atoms with Crippen molar-refractivity contribution in [2.75, 3.05) is 42.8 Å². The van der Waals surface area contributed by atoms with Crippen LogP contribution >= 0.6 is 11.6 Å². The molecule has 1 fully saturated rings. The van der Waals surface area contributed by atoms with E-state index < -0.39 is 0 Å². The Labute approximate surface area is 228 Å². The van der Waals surface area contributed by atoms with E-state index >= 15 is 0 Å². The lowest BCUT2D eigenvalue weighted by Crippen LogP contribution is -2.39. The van der Waals surface area contributed by atoms with Crippen molar-refractivity contribution in [1.29, 1.82) is 0 Å². The van der Waals surface area contributed by atoms with Gasteiger partial charge in [0.25, 0.3) is 0 Å². The maximum Gasteiger partial charge on any atom is 0.224 e. The summed E-state index contributed by atoms with van der Waals surface area (Å²) in [6, 6.07) is 11.0. The molecule has 1 aromatic heterocycles. The fourth-order valence-corrected chi connectivity index (χ4v) is 5.33. The van der Waals surface area contributed by atoms with E-state index in [0.29, 0.717) is 39.7 Å². The van der Waals surface area contributed by atoms with Crippen LogP contribution in [0.25, 0.3) is 10.9 Å². The van der Waals surface area contributed by atoms with E-state index in [4.69, 9.17) is 26.1 Å². The predicted octanol–water partition coefficient (Wildman–Crippen LogP) is 6.05. The van der Waals surface area contributed by atoms with Crippen molar-refractivity contribution < 1.29 is 19.1 Å². The molecule has 1 aliphatic heterocycles. The van der Waals surface area contributed by atoms with Crippen LogP contribution in [0.1, 0.15) is 38.7 Å². The molecule has 0 radical (unpaired) electrons. The summed E-state index contributed by atoms with van der Waals surface area (Å²) in [5.41, 5.74) is 3.09. The van der Waals surface area contributed by atoms with E-state index in [0.717, 1.165) is 35.4 Å². The van der Waals surface area contributed by atoms with Crippen molar-refractivity contribution in [1.82, 2.24) is 4.98 Å². The normalized spacial score (nSPS) is 17.3. The second kappa shape index (κ2) is 11.9. The van der Waals surface area contributed by atoms with Crippen molar-refractivity contribution in [3.8, 4) is 11.5 Å². The lowest BCUT2D eigenvalue weighted by Gasteiger charge is -2.36. The molecule has 0 unspecified atom stereocenters. The van der Waals surface area contributed by atoms with E-state index in [1.807, 2.05) is 18.2 Å². The van der Waals surface area contributed by atoms with Crippen molar-refractivity contribution in [3.63, 3.8) is 0 Å². The lowest BCUT2D eigenvalue weighted by molar-refractivity contribution is -0.121. The number of rotatable bonds is 8. The van der Waals surface area contributed by atoms with Crippen molar-refractivity contribution >= 4 is 51.5 Å². The number of hydrogen-bond donors (Lipinski definition) is 2. The average molecular weight is 539 g/mol. The molecular weight excluding hydrogens is 504 g/mol. The van der Waals surface area contributed by atoms with E-state index in [9.17, 15) is 9.59 Å². The van der Waals surface area contributed by atoms with Gasteiger partial charge in [-0.05, 0) is 61.1 Å². The Morgan fingerprint density at radius 3 is 2.29 bits per heavy atom. The molecule has 2 heterocycles. The smallest absolute Gasteiger partial charge is 0.224 e. The molecule has 3 aromatic rings. The van der Waals surface area contributed by atoms with E-state index in [1.54, 1.807) is 12.1 Å². The first-order valence-corrected chi connectivity index (χ1v) is 13.2. The van der Waals surface area contributed by atoms with E-state index in [-0.39, 0.29) is 24.7 Å². The van der Waals surface area contributed by atoms with Gasteiger partial charge in [-0.2, -0.15) is 0 Å². The SMILES string of the molecule is COc1cc(OC)c(NC(=O)CCC(=O)Nc2ccc3nc(N4C[C@H](C)C[C@@H](C)C4)cc(C)c3c2)cc1Cl. The molecule has 9 heteroatoms.